The molecule has 5 heteroatoms. The van der Waals surface area contributed by atoms with Gasteiger partial charge in [-0.05, 0) is 42.3 Å². The van der Waals surface area contributed by atoms with Crippen molar-refractivity contribution in [1.82, 2.24) is 3.97 Å². The first-order valence-electron chi connectivity index (χ1n) is 6.26. The van der Waals surface area contributed by atoms with Gasteiger partial charge in [0.25, 0.3) is 10.0 Å². The molecular formula is C15H18N2O2S. The Morgan fingerprint density at radius 1 is 1.20 bits per heavy atom. The van der Waals surface area contributed by atoms with E-state index in [1.807, 2.05) is 19.0 Å². The fourth-order valence-electron chi connectivity index (χ4n) is 1.89. The summed E-state index contributed by atoms with van der Waals surface area (Å²) < 4.78 is 26.2. The highest BCUT2D eigenvalue weighted by molar-refractivity contribution is 7.90. The second kappa shape index (κ2) is 5.54. The number of hydrogen-bond donors (Lipinski definition) is 0. The number of benzene rings is 1. The first-order valence-corrected chi connectivity index (χ1v) is 7.70. The molecular weight excluding hydrogens is 272 g/mol. The zero-order valence-electron chi connectivity index (χ0n) is 11.7. The first kappa shape index (κ1) is 14.4. The smallest absolute Gasteiger partial charge is 0.267 e. The largest absolute Gasteiger partial charge is 0.378 e. The third-order valence-electron chi connectivity index (χ3n) is 3.04. The van der Waals surface area contributed by atoms with E-state index >= 15 is 0 Å². The number of rotatable bonds is 5. The van der Waals surface area contributed by atoms with E-state index in [4.69, 9.17) is 0 Å². The van der Waals surface area contributed by atoms with Crippen molar-refractivity contribution in [3.63, 3.8) is 0 Å². The molecule has 0 atom stereocenters. The lowest BCUT2D eigenvalue weighted by Crippen LogP contribution is -2.12. The van der Waals surface area contributed by atoms with E-state index in [0.717, 1.165) is 11.3 Å². The Kier molecular flexibility index (Phi) is 3.99. The molecule has 1 aromatic heterocycles. The lowest BCUT2D eigenvalue weighted by Gasteiger charge is -2.13. The van der Waals surface area contributed by atoms with Gasteiger partial charge < -0.3 is 4.90 Å². The normalized spacial score (nSPS) is 11.3. The van der Waals surface area contributed by atoms with E-state index in [1.165, 1.54) is 3.97 Å². The van der Waals surface area contributed by atoms with Crippen LogP contribution in [0.1, 0.15) is 5.56 Å². The molecule has 0 saturated heterocycles. The fourth-order valence-corrected chi connectivity index (χ4v) is 3.11. The molecule has 2 aromatic rings. The van der Waals surface area contributed by atoms with Crippen LogP contribution >= 0.6 is 0 Å². The molecule has 106 valence electrons. The lowest BCUT2D eigenvalue weighted by molar-refractivity contribution is 0.587. The second-order valence-corrected chi connectivity index (χ2v) is 6.58. The fraction of sp³-hybridized carbons (Fsp3) is 0.200. The molecule has 1 heterocycles. The Morgan fingerprint density at radius 2 is 1.85 bits per heavy atom. The van der Waals surface area contributed by atoms with Crippen LogP contribution in [0.15, 0.2) is 60.3 Å². The molecule has 0 spiro atoms. The minimum Gasteiger partial charge on any atom is -0.378 e. The summed E-state index contributed by atoms with van der Waals surface area (Å²) in [5.74, 6) is 0. The molecule has 0 unspecified atom stereocenters. The van der Waals surface area contributed by atoms with E-state index < -0.39 is 10.0 Å². The minimum atomic E-state index is -3.52. The molecule has 0 radical (unpaired) electrons. The van der Waals surface area contributed by atoms with E-state index in [9.17, 15) is 8.42 Å². The second-order valence-electron chi connectivity index (χ2n) is 4.74. The van der Waals surface area contributed by atoms with Crippen LogP contribution in [0.25, 0.3) is 0 Å². The van der Waals surface area contributed by atoms with Crippen LogP contribution in [-0.2, 0) is 16.4 Å². The monoisotopic (exact) mass is 290 g/mol. The maximum absolute atomic E-state index is 12.5. The van der Waals surface area contributed by atoms with E-state index in [0.29, 0.717) is 6.42 Å². The highest BCUT2D eigenvalue weighted by Gasteiger charge is 2.16. The standard InChI is InChI=1S/C15H18N2O2S/c1-4-5-13-10-11-17(12-13)20(18,19)15-8-6-14(7-9-15)16(2)3/h4,6-12H,1,5H2,2-3H3. The summed E-state index contributed by atoms with van der Waals surface area (Å²) in [6.07, 6.45) is 5.59. The molecule has 1 aromatic carbocycles. The molecule has 0 aliphatic rings. The third kappa shape index (κ3) is 2.77. The van der Waals surface area contributed by atoms with Crippen molar-refractivity contribution in [1.29, 1.82) is 0 Å². The Bertz CT molecular complexity index is 698. The summed E-state index contributed by atoms with van der Waals surface area (Å²) in [7, 11) is 0.312. The number of hydrogen-bond acceptors (Lipinski definition) is 3. The molecule has 20 heavy (non-hydrogen) atoms. The van der Waals surface area contributed by atoms with Gasteiger partial charge in [0.15, 0.2) is 0 Å². The number of nitrogens with zero attached hydrogens (tertiary/aromatic N) is 2. The molecule has 0 saturated carbocycles. The third-order valence-corrected chi connectivity index (χ3v) is 4.69. The quantitative estimate of drug-likeness (QED) is 0.795. The summed E-state index contributed by atoms with van der Waals surface area (Å²) in [6, 6.07) is 8.62. The maximum Gasteiger partial charge on any atom is 0.267 e. The Balaban J connectivity index is 2.35. The first-order chi connectivity index (χ1) is 9.45. The van der Waals surface area contributed by atoms with Gasteiger partial charge in [-0.1, -0.05) is 6.08 Å². The Hall–Kier alpha value is -2.01. The van der Waals surface area contributed by atoms with Gasteiger partial charge in [-0.15, -0.1) is 6.58 Å². The molecule has 0 bridgehead atoms. The van der Waals surface area contributed by atoms with Crippen LogP contribution in [0.5, 0.6) is 0 Å². The predicted molar refractivity (Wildman–Crippen MR) is 81.7 cm³/mol. The molecule has 0 aliphatic heterocycles. The topological polar surface area (TPSA) is 42.3 Å². The van der Waals surface area contributed by atoms with Gasteiger partial charge in [0.2, 0.25) is 0 Å². The van der Waals surface area contributed by atoms with Crippen LogP contribution < -0.4 is 4.90 Å². The van der Waals surface area contributed by atoms with Crippen molar-refractivity contribution in [2.45, 2.75) is 11.3 Å². The van der Waals surface area contributed by atoms with E-state index in [1.54, 1.807) is 48.8 Å². The SMILES string of the molecule is C=CCc1ccn(S(=O)(=O)c2ccc(N(C)C)cc2)c1. The highest BCUT2D eigenvalue weighted by atomic mass is 32.2. The molecule has 0 amide bonds. The summed E-state index contributed by atoms with van der Waals surface area (Å²) >= 11 is 0. The van der Waals surface area contributed by atoms with Crippen LogP contribution in [0.2, 0.25) is 0 Å². The van der Waals surface area contributed by atoms with Gasteiger partial charge in [-0.2, -0.15) is 0 Å². The molecule has 0 fully saturated rings. The van der Waals surface area contributed by atoms with Crippen LogP contribution in [0, 0.1) is 0 Å². The number of aromatic nitrogens is 1. The van der Waals surface area contributed by atoms with Gasteiger partial charge in [0.05, 0.1) is 4.90 Å². The van der Waals surface area contributed by atoms with Crippen molar-refractivity contribution < 1.29 is 8.42 Å². The highest BCUT2D eigenvalue weighted by Crippen LogP contribution is 2.19. The maximum atomic E-state index is 12.5. The number of allylic oxidation sites excluding steroid dienone is 1. The van der Waals surface area contributed by atoms with Crippen molar-refractivity contribution in [3.8, 4) is 0 Å². The number of anilines is 1. The van der Waals surface area contributed by atoms with Gasteiger partial charge in [0.1, 0.15) is 0 Å². The zero-order valence-corrected chi connectivity index (χ0v) is 12.5. The molecule has 2 rings (SSSR count). The van der Waals surface area contributed by atoms with Gasteiger partial charge in [-0.3, -0.25) is 0 Å². The summed E-state index contributed by atoms with van der Waals surface area (Å²) in [5.41, 5.74) is 1.89. The summed E-state index contributed by atoms with van der Waals surface area (Å²) in [4.78, 5) is 2.21. The van der Waals surface area contributed by atoms with Crippen LogP contribution in [0.4, 0.5) is 5.69 Å². The Labute approximate surface area is 120 Å². The summed E-state index contributed by atoms with van der Waals surface area (Å²) in [5, 5.41) is 0. The predicted octanol–water partition coefficient (Wildman–Crippen LogP) is 2.52. The van der Waals surface area contributed by atoms with Gasteiger partial charge in [0, 0.05) is 32.2 Å². The molecule has 0 aliphatic carbocycles. The van der Waals surface area contributed by atoms with Crippen LogP contribution in [-0.4, -0.2) is 26.5 Å². The van der Waals surface area contributed by atoms with Crippen LogP contribution in [0.3, 0.4) is 0 Å². The van der Waals surface area contributed by atoms with E-state index in [-0.39, 0.29) is 4.90 Å². The average Bonchev–Trinajstić information content (AvgIpc) is 2.88. The summed E-state index contributed by atoms with van der Waals surface area (Å²) in [6.45, 7) is 3.65. The lowest BCUT2D eigenvalue weighted by atomic mass is 10.2. The van der Waals surface area contributed by atoms with Crippen molar-refractivity contribution in [3.05, 3.63) is 60.9 Å². The van der Waals surface area contributed by atoms with Gasteiger partial charge in [-0.25, -0.2) is 12.4 Å². The van der Waals surface area contributed by atoms with E-state index in [2.05, 4.69) is 6.58 Å². The molecule has 0 N–H and O–H groups in total. The van der Waals surface area contributed by atoms with Crippen molar-refractivity contribution >= 4 is 15.7 Å². The average molecular weight is 290 g/mol. The van der Waals surface area contributed by atoms with Crippen molar-refractivity contribution in [2.75, 3.05) is 19.0 Å². The minimum absolute atomic E-state index is 0.281. The zero-order chi connectivity index (χ0) is 14.8. The van der Waals surface area contributed by atoms with Crippen molar-refractivity contribution in [2.24, 2.45) is 0 Å². The molecule has 4 nitrogen and oxygen atoms in total. The Morgan fingerprint density at radius 3 is 2.40 bits per heavy atom. The van der Waals surface area contributed by atoms with Gasteiger partial charge >= 0.3 is 0 Å².